The molecule has 1 aromatic heterocycles. The fraction of sp³-hybridized carbons (Fsp3) is 0.348. The van der Waals surface area contributed by atoms with E-state index in [1.807, 2.05) is 48.5 Å². The Balaban J connectivity index is 1.54. The fourth-order valence-electron chi connectivity index (χ4n) is 3.94. The number of hydrogen-bond acceptors (Lipinski definition) is 4. The Morgan fingerprint density at radius 2 is 1.83 bits per heavy atom. The summed E-state index contributed by atoms with van der Waals surface area (Å²) in [5.41, 5.74) is 2.03. The highest BCUT2D eigenvalue weighted by Gasteiger charge is 2.24. The zero-order chi connectivity index (χ0) is 20.1. The zero-order valence-electron chi connectivity index (χ0n) is 16.8. The summed E-state index contributed by atoms with van der Waals surface area (Å²) in [5, 5.41) is 7.58. The van der Waals surface area contributed by atoms with E-state index in [0.29, 0.717) is 19.0 Å². The summed E-state index contributed by atoms with van der Waals surface area (Å²) in [7, 11) is 0. The van der Waals surface area contributed by atoms with Crippen LogP contribution < -0.4 is 5.32 Å². The van der Waals surface area contributed by atoms with Gasteiger partial charge in [0.05, 0.1) is 5.69 Å². The molecule has 4 rings (SSSR count). The Morgan fingerprint density at radius 3 is 2.55 bits per heavy atom. The number of benzene rings is 2. The molecule has 6 nitrogen and oxygen atoms in total. The van der Waals surface area contributed by atoms with Crippen LogP contribution in [0.15, 0.2) is 60.7 Å². The van der Waals surface area contributed by atoms with Gasteiger partial charge in [-0.25, -0.2) is 9.67 Å². The number of aromatic nitrogens is 3. The molecule has 1 fully saturated rings. The second-order valence-corrected chi connectivity index (χ2v) is 7.40. The Kier molecular flexibility index (Phi) is 6.00. The minimum Gasteiger partial charge on any atom is -0.348 e. The molecule has 29 heavy (non-hydrogen) atoms. The van der Waals surface area contributed by atoms with Crippen LogP contribution in [0, 0.1) is 0 Å². The summed E-state index contributed by atoms with van der Waals surface area (Å²) in [6, 6.07) is 20.4. The van der Waals surface area contributed by atoms with Gasteiger partial charge in [0.1, 0.15) is 5.82 Å². The maximum atomic E-state index is 12.8. The number of nitrogens with one attached hydrogen (secondary N) is 1. The van der Waals surface area contributed by atoms with Crippen LogP contribution >= 0.6 is 0 Å². The molecule has 0 bridgehead atoms. The van der Waals surface area contributed by atoms with Crippen LogP contribution in [0.25, 0.3) is 5.69 Å². The standard InChI is InChI=1S/C23H27N5O/c1-2-27-15-9-14-20(27)17-24-23(29)22-25-21(16-18-10-5-3-6-11-18)28(26-22)19-12-7-4-8-13-19/h3-8,10-13,20H,2,9,14-17H2,1H3,(H,24,29). The van der Waals surface area contributed by atoms with Crippen molar-refractivity contribution in [3.05, 3.63) is 77.9 Å². The van der Waals surface area contributed by atoms with Gasteiger partial charge in [0.15, 0.2) is 0 Å². The van der Waals surface area contributed by atoms with Crippen molar-refractivity contribution in [3.63, 3.8) is 0 Å². The quantitative estimate of drug-likeness (QED) is 0.675. The number of para-hydroxylation sites is 1. The van der Waals surface area contributed by atoms with E-state index in [4.69, 9.17) is 0 Å². The lowest BCUT2D eigenvalue weighted by molar-refractivity contribution is 0.0931. The van der Waals surface area contributed by atoms with E-state index in [1.54, 1.807) is 4.68 Å². The maximum Gasteiger partial charge on any atom is 0.291 e. The van der Waals surface area contributed by atoms with Crippen LogP contribution in [0.1, 0.15) is 41.8 Å². The molecule has 6 heteroatoms. The third-order valence-electron chi connectivity index (χ3n) is 5.49. The minimum absolute atomic E-state index is 0.211. The Hall–Kier alpha value is -2.99. The molecule has 2 aromatic carbocycles. The SMILES string of the molecule is CCN1CCCC1CNC(=O)c1nc(Cc2ccccc2)n(-c2ccccc2)n1. The number of carbonyl (C=O) groups is 1. The third-order valence-corrected chi connectivity index (χ3v) is 5.49. The summed E-state index contributed by atoms with van der Waals surface area (Å²) in [5.74, 6) is 0.765. The predicted molar refractivity (Wildman–Crippen MR) is 113 cm³/mol. The highest BCUT2D eigenvalue weighted by molar-refractivity contribution is 5.90. The molecule has 0 spiro atoms. The van der Waals surface area contributed by atoms with Crippen LogP contribution in [-0.4, -0.2) is 51.2 Å². The molecule has 1 saturated heterocycles. The van der Waals surface area contributed by atoms with Crippen molar-refractivity contribution >= 4 is 5.91 Å². The third kappa shape index (κ3) is 4.54. The van der Waals surface area contributed by atoms with Crippen molar-refractivity contribution in [2.45, 2.75) is 32.2 Å². The molecule has 0 radical (unpaired) electrons. The first-order chi connectivity index (χ1) is 14.2. The van der Waals surface area contributed by atoms with Crippen molar-refractivity contribution in [2.24, 2.45) is 0 Å². The minimum atomic E-state index is -0.211. The topological polar surface area (TPSA) is 63.1 Å². The van der Waals surface area contributed by atoms with E-state index in [1.165, 1.54) is 6.42 Å². The van der Waals surface area contributed by atoms with Gasteiger partial charge in [-0.1, -0.05) is 55.5 Å². The van der Waals surface area contributed by atoms with Gasteiger partial charge in [-0.2, -0.15) is 0 Å². The smallest absolute Gasteiger partial charge is 0.291 e. The molecule has 1 aliphatic rings. The summed E-state index contributed by atoms with van der Waals surface area (Å²) in [6.45, 7) is 4.93. The predicted octanol–water partition coefficient (Wildman–Crippen LogP) is 3.07. The van der Waals surface area contributed by atoms with Crippen molar-refractivity contribution in [1.82, 2.24) is 25.0 Å². The number of amides is 1. The van der Waals surface area contributed by atoms with Gasteiger partial charge in [0.25, 0.3) is 5.91 Å². The van der Waals surface area contributed by atoms with Crippen molar-refractivity contribution in [1.29, 1.82) is 0 Å². The van der Waals surface area contributed by atoms with Gasteiger partial charge >= 0.3 is 0 Å². The highest BCUT2D eigenvalue weighted by atomic mass is 16.2. The van der Waals surface area contributed by atoms with Crippen LogP contribution in [0.5, 0.6) is 0 Å². The molecular weight excluding hydrogens is 362 g/mol. The molecule has 2 heterocycles. The molecule has 3 aromatic rings. The van der Waals surface area contributed by atoms with Gasteiger partial charge in [-0.3, -0.25) is 9.69 Å². The molecule has 1 unspecified atom stereocenters. The number of likely N-dealkylation sites (N-methyl/N-ethyl adjacent to an activating group) is 1. The monoisotopic (exact) mass is 389 g/mol. The number of nitrogens with zero attached hydrogens (tertiary/aromatic N) is 4. The second-order valence-electron chi connectivity index (χ2n) is 7.40. The number of hydrogen-bond donors (Lipinski definition) is 1. The molecule has 1 N–H and O–H groups in total. The lowest BCUT2D eigenvalue weighted by atomic mass is 10.1. The first kappa shape index (κ1) is 19.3. The summed E-state index contributed by atoms with van der Waals surface area (Å²) in [4.78, 5) is 19.8. The lowest BCUT2D eigenvalue weighted by Crippen LogP contribution is -2.40. The zero-order valence-corrected chi connectivity index (χ0v) is 16.8. The summed E-state index contributed by atoms with van der Waals surface area (Å²) < 4.78 is 1.77. The molecule has 1 aliphatic heterocycles. The van der Waals surface area contributed by atoms with E-state index in [9.17, 15) is 4.79 Å². The van der Waals surface area contributed by atoms with E-state index >= 15 is 0 Å². The van der Waals surface area contributed by atoms with Crippen LogP contribution in [0.4, 0.5) is 0 Å². The van der Waals surface area contributed by atoms with Crippen molar-refractivity contribution in [3.8, 4) is 5.69 Å². The second kappa shape index (κ2) is 9.01. The number of rotatable bonds is 7. The number of carbonyl (C=O) groups excluding carboxylic acids is 1. The summed E-state index contributed by atoms with van der Waals surface area (Å²) in [6.07, 6.45) is 2.93. The Labute approximate surface area is 171 Å². The molecule has 1 amide bonds. The van der Waals surface area contributed by atoms with Crippen molar-refractivity contribution in [2.75, 3.05) is 19.6 Å². The Morgan fingerprint density at radius 1 is 1.10 bits per heavy atom. The largest absolute Gasteiger partial charge is 0.348 e. The normalized spacial score (nSPS) is 16.8. The first-order valence-corrected chi connectivity index (χ1v) is 10.3. The van der Waals surface area contributed by atoms with Gasteiger partial charge in [-0.05, 0) is 43.6 Å². The molecule has 150 valence electrons. The number of likely N-dealkylation sites (tertiary alicyclic amines) is 1. The van der Waals surface area contributed by atoms with E-state index in [-0.39, 0.29) is 11.7 Å². The molecule has 1 atom stereocenters. The van der Waals surface area contributed by atoms with Crippen LogP contribution in [0.2, 0.25) is 0 Å². The van der Waals surface area contributed by atoms with E-state index < -0.39 is 0 Å². The van der Waals surface area contributed by atoms with Gasteiger partial charge < -0.3 is 5.32 Å². The average molecular weight is 390 g/mol. The molecule has 0 saturated carbocycles. The summed E-state index contributed by atoms with van der Waals surface area (Å²) >= 11 is 0. The van der Waals surface area contributed by atoms with E-state index in [2.05, 4.69) is 39.4 Å². The van der Waals surface area contributed by atoms with Crippen LogP contribution in [0.3, 0.4) is 0 Å². The molecular formula is C23H27N5O. The fourth-order valence-corrected chi connectivity index (χ4v) is 3.94. The van der Waals surface area contributed by atoms with E-state index in [0.717, 1.165) is 36.6 Å². The average Bonchev–Trinajstić information content (AvgIpc) is 3.40. The first-order valence-electron chi connectivity index (χ1n) is 10.3. The van der Waals surface area contributed by atoms with Crippen molar-refractivity contribution < 1.29 is 4.79 Å². The Bertz CT molecular complexity index is 938. The highest BCUT2D eigenvalue weighted by Crippen LogP contribution is 2.16. The lowest BCUT2D eigenvalue weighted by Gasteiger charge is -2.22. The molecule has 0 aliphatic carbocycles. The van der Waals surface area contributed by atoms with Gasteiger partial charge in [0.2, 0.25) is 5.82 Å². The van der Waals surface area contributed by atoms with Gasteiger partial charge in [-0.15, -0.1) is 5.10 Å². The van der Waals surface area contributed by atoms with Gasteiger partial charge in [0, 0.05) is 19.0 Å². The maximum absolute atomic E-state index is 12.8. The van der Waals surface area contributed by atoms with Crippen LogP contribution in [-0.2, 0) is 6.42 Å².